The molecule has 3 aromatic rings. The van der Waals surface area contributed by atoms with E-state index >= 15 is 4.11 Å². The Labute approximate surface area is 322 Å². The Bertz CT molecular complexity index is 2000. The monoisotopic (exact) mass is 768 g/mol. The molecule has 4 aliphatic rings. The van der Waals surface area contributed by atoms with Crippen LogP contribution in [0, 0.1) is 5.92 Å². The van der Waals surface area contributed by atoms with Crippen LogP contribution in [0.15, 0.2) is 77.9 Å². The second kappa shape index (κ2) is 15.4. The molecular formula is C42H49FN4O7Si. The Morgan fingerprint density at radius 3 is 2.45 bits per heavy atom. The highest BCUT2D eigenvalue weighted by Gasteiger charge is 2.67. The highest BCUT2D eigenvalue weighted by atomic mass is 28.4. The number of fused-ring (bicyclic) bond motifs is 3. The lowest BCUT2D eigenvalue weighted by molar-refractivity contribution is -0.151. The van der Waals surface area contributed by atoms with Gasteiger partial charge in [-0.3, -0.25) is 19.2 Å². The second-order valence-electron chi connectivity index (χ2n) is 15.6. The number of nitrogens with zero attached hydrogens (tertiary/aromatic N) is 4. The van der Waals surface area contributed by atoms with Crippen molar-refractivity contribution in [3.8, 4) is 0 Å². The summed E-state index contributed by atoms with van der Waals surface area (Å²) in [4.78, 5) is 57.8. The molecule has 3 amide bonds. The lowest BCUT2D eigenvalue weighted by atomic mass is 9.82. The summed E-state index contributed by atoms with van der Waals surface area (Å²) in [5, 5.41) is 16.5. The Morgan fingerprint density at radius 2 is 1.75 bits per heavy atom. The number of hydrogen-bond acceptors (Lipinski definition) is 8. The fourth-order valence-electron chi connectivity index (χ4n) is 9.15. The van der Waals surface area contributed by atoms with E-state index < -0.39 is 37.6 Å². The van der Waals surface area contributed by atoms with Gasteiger partial charge in [-0.25, -0.2) is 5.01 Å². The summed E-state index contributed by atoms with van der Waals surface area (Å²) in [7, 11) is -2.28. The van der Waals surface area contributed by atoms with Crippen molar-refractivity contribution in [2.24, 2.45) is 11.0 Å². The molecule has 0 radical (unpaired) electrons. The van der Waals surface area contributed by atoms with E-state index in [2.05, 4.69) is 0 Å². The first-order chi connectivity index (χ1) is 26.4. The predicted molar refractivity (Wildman–Crippen MR) is 209 cm³/mol. The van der Waals surface area contributed by atoms with E-state index in [1.54, 1.807) is 41.1 Å². The number of esters is 1. The van der Waals surface area contributed by atoms with Crippen LogP contribution < -0.4 is 9.91 Å². The number of aliphatic hydroxyl groups is 1. The van der Waals surface area contributed by atoms with Crippen molar-refractivity contribution < 1.29 is 37.9 Å². The number of anilines is 2. The van der Waals surface area contributed by atoms with Crippen molar-refractivity contribution in [2.75, 3.05) is 30.2 Å². The maximum Gasteiger partial charge on any atom is 0.305 e. The molecule has 0 unspecified atom stereocenters. The normalized spacial score (nSPS) is 24.9. The summed E-state index contributed by atoms with van der Waals surface area (Å²) in [6, 6.07) is 22.4. The first kappa shape index (κ1) is 38.5. The van der Waals surface area contributed by atoms with Gasteiger partial charge in [-0.2, -0.15) is 5.10 Å². The van der Waals surface area contributed by atoms with Crippen molar-refractivity contribution in [3.63, 3.8) is 0 Å². The van der Waals surface area contributed by atoms with Crippen LogP contribution in [0.5, 0.6) is 0 Å². The minimum atomic E-state index is -3.62. The van der Waals surface area contributed by atoms with E-state index in [9.17, 15) is 24.3 Å². The highest BCUT2D eigenvalue weighted by molar-refractivity contribution is 6.72. The van der Waals surface area contributed by atoms with Crippen molar-refractivity contribution in [1.82, 2.24) is 4.90 Å². The molecule has 0 aromatic heterocycles. The van der Waals surface area contributed by atoms with Crippen molar-refractivity contribution in [3.05, 3.63) is 95.1 Å². The van der Waals surface area contributed by atoms with Gasteiger partial charge in [0.15, 0.2) is 5.60 Å². The highest BCUT2D eigenvalue weighted by Crippen LogP contribution is 2.60. The first-order valence-electron chi connectivity index (χ1n) is 19.2. The molecule has 7 rings (SSSR count). The number of rotatable bonds is 11. The smallest absolute Gasteiger partial charge is 0.305 e. The Kier molecular flexibility index (Phi) is 10.8. The number of amides is 3. The van der Waals surface area contributed by atoms with E-state index in [-0.39, 0.29) is 56.1 Å². The molecule has 0 saturated carbocycles. The zero-order valence-corrected chi connectivity index (χ0v) is 32.9. The van der Waals surface area contributed by atoms with Gasteiger partial charge in [0.1, 0.15) is 0 Å². The quantitative estimate of drug-likeness (QED) is 0.109. The molecule has 4 aliphatic heterocycles. The molecule has 4 heterocycles. The van der Waals surface area contributed by atoms with Gasteiger partial charge >= 0.3 is 5.97 Å². The second-order valence-corrected chi connectivity index (χ2v) is 19.4. The van der Waals surface area contributed by atoms with Gasteiger partial charge in [0.2, 0.25) is 20.2 Å². The molecule has 1 fully saturated rings. The van der Waals surface area contributed by atoms with Gasteiger partial charge < -0.3 is 28.5 Å². The van der Waals surface area contributed by atoms with Gasteiger partial charge in [0.05, 0.1) is 49.4 Å². The predicted octanol–water partition coefficient (Wildman–Crippen LogP) is 6.02. The molecule has 0 bridgehead atoms. The average Bonchev–Trinajstić information content (AvgIpc) is 3.61. The number of unbranched alkanes of at least 4 members (excludes halogenated alkanes) is 1. The summed E-state index contributed by atoms with van der Waals surface area (Å²) in [5.41, 5.74) is 2.90. The largest absolute Gasteiger partial charge is 0.469 e. The van der Waals surface area contributed by atoms with Gasteiger partial charge in [-0.15, -0.1) is 0 Å². The topological polar surface area (TPSA) is 129 Å². The number of hydrogen-bond donors (Lipinski definition) is 1. The van der Waals surface area contributed by atoms with Crippen molar-refractivity contribution >= 4 is 49.2 Å². The van der Waals surface area contributed by atoms with E-state index in [0.29, 0.717) is 49.2 Å². The van der Waals surface area contributed by atoms with Gasteiger partial charge in [-0.05, 0) is 67.2 Å². The van der Waals surface area contributed by atoms with Crippen LogP contribution in [-0.2, 0) is 47.2 Å². The van der Waals surface area contributed by atoms with E-state index in [1.807, 2.05) is 61.5 Å². The Hall–Kier alpha value is -4.72. The lowest BCUT2D eigenvalue weighted by Crippen LogP contribution is -2.48. The third kappa shape index (κ3) is 7.13. The zero-order valence-electron chi connectivity index (χ0n) is 31.9. The molecule has 0 aliphatic carbocycles. The molecule has 5 atom stereocenters. The summed E-state index contributed by atoms with van der Waals surface area (Å²) in [6.07, 6.45) is 1.33. The maximum absolute atomic E-state index is 16.7. The number of hydrazone groups is 1. The van der Waals surface area contributed by atoms with Crippen LogP contribution in [0.2, 0.25) is 18.6 Å². The molecule has 55 heavy (non-hydrogen) atoms. The third-order valence-electron chi connectivity index (χ3n) is 11.8. The average molecular weight is 769 g/mol. The van der Waals surface area contributed by atoms with E-state index in [0.717, 1.165) is 22.4 Å². The van der Waals surface area contributed by atoms with Crippen molar-refractivity contribution in [1.29, 1.82) is 0 Å². The van der Waals surface area contributed by atoms with Gasteiger partial charge in [0.25, 0.3) is 5.91 Å². The number of carbonyl (C=O) groups is 4. The summed E-state index contributed by atoms with van der Waals surface area (Å²) < 4.78 is 28.4. The van der Waals surface area contributed by atoms with Gasteiger partial charge in [-0.1, -0.05) is 61.5 Å². The maximum atomic E-state index is 16.7. The molecule has 1 spiro atoms. The third-order valence-corrected chi connectivity index (χ3v) is 14.3. The van der Waals surface area contributed by atoms with E-state index in [1.165, 1.54) is 12.1 Å². The minimum Gasteiger partial charge on any atom is -0.469 e. The number of benzene rings is 3. The summed E-state index contributed by atoms with van der Waals surface area (Å²) >= 11 is 0. The van der Waals surface area contributed by atoms with Crippen LogP contribution in [-0.4, -0.2) is 80.2 Å². The summed E-state index contributed by atoms with van der Waals surface area (Å²) in [6.45, 7) is 5.39. The fourth-order valence-corrected chi connectivity index (χ4v) is 11.6. The molecule has 1 saturated heterocycles. The summed E-state index contributed by atoms with van der Waals surface area (Å²) in [5.74, 6) is -1.84. The molecule has 290 valence electrons. The number of carbonyl (C=O) groups excluding carboxylic acids is 4. The Morgan fingerprint density at radius 1 is 1.02 bits per heavy atom. The van der Waals surface area contributed by atoms with E-state index in [4.69, 9.17) is 14.6 Å². The van der Waals surface area contributed by atoms with Crippen LogP contribution in [0.25, 0.3) is 0 Å². The van der Waals surface area contributed by atoms with Crippen LogP contribution in [0.3, 0.4) is 0 Å². The Balaban J connectivity index is 1.26. The number of halogens is 1. The molecule has 3 aromatic carbocycles. The van der Waals surface area contributed by atoms with Gasteiger partial charge in [0, 0.05) is 49.4 Å². The molecule has 13 heteroatoms. The SMILES string of the molecule is COC(=O)CCCCN1C(=O)[C@@]2(O[C@@H](CC(=O)N3Cc4ccccc4C[C@H]3CO)[C@H]([Si](C)(C)F)[C@H]2C)c2cc(N3N=C(c4ccccc4)CCC3=O)ccc21. The molecule has 1 N–H and O–H groups in total. The van der Waals surface area contributed by atoms with Crippen LogP contribution >= 0.6 is 0 Å². The molecule has 11 nitrogen and oxygen atoms in total. The number of methoxy groups -OCH3 is 1. The molecular weight excluding hydrogens is 720 g/mol. The van der Waals surface area contributed by atoms with Crippen LogP contribution in [0.4, 0.5) is 15.5 Å². The van der Waals surface area contributed by atoms with Crippen LogP contribution in [0.1, 0.15) is 67.7 Å². The first-order valence-corrected chi connectivity index (χ1v) is 22.2. The minimum absolute atomic E-state index is 0.160. The zero-order chi connectivity index (χ0) is 39.1. The number of aliphatic hydroxyl groups excluding tert-OH is 1. The fraction of sp³-hybridized carbons (Fsp3) is 0.452. The lowest BCUT2D eigenvalue weighted by Gasteiger charge is -2.37. The number of ether oxygens (including phenoxy) is 2. The standard InChI is InChI=1S/C42H49FN4O7Si/c1-27-40(55(3,4)43)36(24-38(50)46-25-30-15-9-8-14-29(30)22-32(46)26-48)54-42(27)33-23-31(47-37(49)20-18-34(44-47)28-12-6-5-7-13-28)17-19-35(33)45(41(42)52)21-11-10-16-39(51)53-2/h5-9,12-15,17,19,23,27,32,36,40,48H,10-11,16,18,20-22,24-26H2,1-4H3/t27-,32+,36+,40-,42+/m1/s1. The van der Waals surface area contributed by atoms with Crippen molar-refractivity contribution in [2.45, 2.75) is 94.8 Å².